The van der Waals surface area contributed by atoms with E-state index >= 15 is 0 Å². The van der Waals surface area contributed by atoms with Crippen molar-refractivity contribution in [2.45, 2.75) is 25.5 Å². The number of carbonyl (C=O) groups is 2. The molecular weight excluding hydrogens is 294 g/mol. The number of carbonyl (C=O) groups excluding carboxylic acids is 2. The predicted octanol–water partition coefficient (Wildman–Crippen LogP) is -0.0428. The Morgan fingerprint density at radius 1 is 1.17 bits per heavy atom. The van der Waals surface area contributed by atoms with Gasteiger partial charge in [-0.05, 0) is 18.4 Å². The molecule has 1 aliphatic heterocycles. The van der Waals surface area contributed by atoms with E-state index in [9.17, 15) is 14.7 Å². The highest BCUT2D eigenvalue weighted by Crippen LogP contribution is 2.47. The molecule has 124 valence electrons. The highest BCUT2D eigenvalue weighted by Gasteiger charge is 2.57. The summed E-state index contributed by atoms with van der Waals surface area (Å²) in [6.07, 6.45) is 0.442. The van der Waals surface area contributed by atoms with Gasteiger partial charge < -0.3 is 15.7 Å². The quantitative estimate of drug-likeness (QED) is 0.763. The third-order valence-electron chi connectivity index (χ3n) is 4.75. The molecule has 0 unspecified atom stereocenters. The molecular formula is C17H23N3O3. The summed E-state index contributed by atoms with van der Waals surface area (Å²) in [5.74, 6) is -0.756. The van der Waals surface area contributed by atoms with E-state index in [1.165, 1.54) is 5.56 Å². The first-order valence-corrected chi connectivity index (χ1v) is 8.05. The second kappa shape index (κ2) is 6.29. The standard InChI is InChI=1S/C17H23N3O3/c18-15(22)17(6-7-17)16(23)20-9-8-19(11-14(21)12-20)10-13-4-2-1-3-5-13/h1-5,14,21H,6-12H2,(H2,18,22)/t14-/m1/s1. The average molecular weight is 317 g/mol. The molecule has 1 atom stereocenters. The molecule has 1 saturated heterocycles. The Bertz CT molecular complexity index is 586. The van der Waals surface area contributed by atoms with Gasteiger partial charge in [-0.1, -0.05) is 30.3 Å². The van der Waals surface area contributed by atoms with E-state index < -0.39 is 17.4 Å². The molecule has 1 aromatic rings. The van der Waals surface area contributed by atoms with Crippen LogP contribution in [0.4, 0.5) is 0 Å². The van der Waals surface area contributed by atoms with Crippen molar-refractivity contribution < 1.29 is 14.7 Å². The molecule has 0 spiro atoms. The van der Waals surface area contributed by atoms with Gasteiger partial charge in [0.15, 0.2) is 0 Å². The van der Waals surface area contributed by atoms with E-state index in [1.807, 2.05) is 30.3 Å². The molecule has 1 aliphatic carbocycles. The van der Waals surface area contributed by atoms with Crippen molar-refractivity contribution in [3.8, 4) is 0 Å². The summed E-state index contributed by atoms with van der Waals surface area (Å²) in [7, 11) is 0. The monoisotopic (exact) mass is 317 g/mol. The second-order valence-corrected chi connectivity index (χ2v) is 6.57. The maximum Gasteiger partial charge on any atom is 0.238 e. The third-order valence-corrected chi connectivity index (χ3v) is 4.75. The summed E-state index contributed by atoms with van der Waals surface area (Å²) in [6.45, 7) is 2.70. The number of benzene rings is 1. The number of aliphatic hydroxyl groups excluding tert-OH is 1. The summed E-state index contributed by atoms with van der Waals surface area (Å²) in [5, 5.41) is 10.2. The number of β-amino-alcohol motifs (C(OH)–C–C–N with tert-alkyl or cyclic N) is 1. The van der Waals surface area contributed by atoms with Gasteiger partial charge >= 0.3 is 0 Å². The minimum Gasteiger partial charge on any atom is -0.390 e. The largest absolute Gasteiger partial charge is 0.390 e. The highest BCUT2D eigenvalue weighted by atomic mass is 16.3. The molecule has 6 nitrogen and oxygen atoms in total. The Kier molecular flexibility index (Phi) is 4.37. The van der Waals surface area contributed by atoms with Crippen LogP contribution in [-0.4, -0.2) is 59.0 Å². The normalized spacial score (nSPS) is 24.0. The van der Waals surface area contributed by atoms with Crippen molar-refractivity contribution in [3.63, 3.8) is 0 Å². The Balaban J connectivity index is 1.64. The number of aliphatic hydroxyl groups is 1. The number of rotatable bonds is 4. The van der Waals surface area contributed by atoms with Crippen LogP contribution in [0.15, 0.2) is 30.3 Å². The summed E-state index contributed by atoms with van der Waals surface area (Å²) in [5.41, 5.74) is 5.55. The van der Waals surface area contributed by atoms with E-state index in [2.05, 4.69) is 4.90 Å². The van der Waals surface area contributed by atoms with Gasteiger partial charge in [0.1, 0.15) is 5.41 Å². The number of nitrogens with zero attached hydrogens (tertiary/aromatic N) is 2. The van der Waals surface area contributed by atoms with E-state index in [0.29, 0.717) is 32.5 Å². The molecule has 2 amide bonds. The van der Waals surface area contributed by atoms with Crippen molar-refractivity contribution in [1.82, 2.24) is 9.80 Å². The summed E-state index contributed by atoms with van der Waals surface area (Å²) < 4.78 is 0. The van der Waals surface area contributed by atoms with Crippen molar-refractivity contribution in [1.29, 1.82) is 0 Å². The lowest BCUT2D eigenvalue weighted by molar-refractivity contribution is -0.143. The molecule has 2 aliphatic rings. The van der Waals surface area contributed by atoms with Gasteiger partial charge in [0, 0.05) is 32.7 Å². The van der Waals surface area contributed by atoms with E-state index in [1.54, 1.807) is 4.90 Å². The molecule has 23 heavy (non-hydrogen) atoms. The SMILES string of the molecule is NC(=O)C1(C(=O)N2CCN(Cc3ccccc3)C[C@@H](O)C2)CC1. The summed E-state index contributed by atoms with van der Waals surface area (Å²) in [6, 6.07) is 10.0. The number of amides is 2. The zero-order chi connectivity index (χ0) is 16.4. The first kappa shape index (κ1) is 16.0. The maximum atomic E-state index is 12.6. The maximum absolute atomic E-state index is 12.6. The van der Waals surface area contributed by atoms with Crippen LogP contribution in [0.3, 0.4) is 0 Å². The average Bonchev–Trinajstić information content (AvgIpc) is 3.33. The second-order valence-electron chi connectivity index (χ2n) is 6.57. The van der Waals surface area contributed by atoms with E-state index in [0.717, 1.165) is 6.54 Å². The van der Waals surface area contributed by atoms with Gasteiger partial charge in [0.25, 0.3) is 0 Å². The molecule has 1 heterocycles. The molecule has 0 aromatic heterocycles. The highest BCUT2D eigenvalue weighted by molar-refractivity contribution is 6.07. The first-order valence-electron chi connectivity index (χ1n) is 8.05. The fourth-order valence-corrected chi connectivity index (χ4v) is 3.22. The van der Waals surface area contributed by atoms with Crippen LogP contribution in [0.1, 0.15) is 18.4 Å². The lowest BCUT2D eigenvalue weighted by Gasteiger charge is -2.25. The summed E-state index contributed by atoms with van der Waals surface area (Å²) in [4.78, 5) is 27.9. The number of primary amides is 1. The van der Waals surface area contributed by atoms with Crippen molar-refractivity contribution in [2.75, 3.05) is 26.2 Å². The zero-order valence-corrected chi connectivity index (χ0v) is 13.1. The topological polar surface area (TPSA) is 86.9 Å². The van der Waals surface area contributed by atoms with Crippen molar-refractivity contribution in [2.24, 2.45) is 11.1 Å². The minimum absolute atomic E-state index is 0.217. The Morgan fingerprint density at radius 2 is 1.87 bits per heavy atom. The molecule has 2 fully saturated rings. The van der Waals surface area contributed by atoms with Crippen LogP contribution in [0.2, 0.25) is 0 Å². The fraction of sp³-hybridized carbons (Fsp3) is 0.529. The van der Waals surface area contributed by atoms with Crippen molar-refractivity contribution >= 4 is 11.8 Å². The molecule has 1 saturated carbocycles. The number of hydrogen-bond donors (Lipinski definition) is 2. The van der Waals surface area contributed by atoms with Gasteiger partial charge in [-0.2, -0.15) is 0 Å². The third kappa shape index (κ3) is 3.38. The van der Waals surface area contributed by atoms with E-state index in [4.69, 9.17) is 5.73 Å². The number of nitrogens with two attached hydrogens (primary N) is 1. The van der Waals surface area contributed by atoms with Gasteiger partial charge in [-0.15, -0.1) is 0 Å². The van der Waals surface area contributed by atoms with Gasteiger partial charge in [0.05, 0.1) is 6.10 Å². The first-order chi connectivity index (χ1) is 11.0. The zero-order valence-electron chi connectivity index (χ0n) is 13.1. The lowest BCUT2D eigenvalue weighted by Crippen LogP contribution is -2.46. The molecule has 6 heteroatoms. The number of hydrogen-bond acceptors (Lipinski definition) is 4. The lowest BCUT2D eigenvalue weighted by atomic mass is 10.0. The predicted molar refractivity (Wildman–Crippen MR) is 85.2 cm³/mol. The summed E-state index contributed by atoms with van der Waals surface area (Å²) >= 11 is 0. The van der Waals surface area contributed by atoms with Crippen LogP contribution in [-0.2, 0) is 16.1 Å². The van der Waals surface area contributed by atoms with Crippen molar-refractivity contribution in [3.05, 3.63) is 35.9 Å². The van der Waals surface area contributed by atoms with Crippen LogP contribution < -0.4 is 5.73 Å². The Morgan fingerprint density at radius 3 is 2.48 bits per heavy atom. The molecule has 3 N–H and O–H groups in total. The van der Waals surface area contributed by atoms with Crippen LogP contribution in [0.5, 0.6) is 0 Å². The van der Waals surface area contributed by atoms with Gasteiger partial charge in [-0.25, -0.2) is 0 Å². The van der Waals surface area contributed by atoms with Crippen LogP contribution >= 0.6 is 0 Å². The van der Waals surface area contributed by atoms with Gasteiger partial charge in [-0.3, -0.25) is 14.5 Å². The van der Waals surface area contributed by atoms with Crippen LogP contribution in [0, 0.1) is 5.41 Å². The fourth-order valence-electron chi connectivity index (χ4n) is 3.22. The molecule has 0 bridgehead atoms. The Labute approximate surface area is 135 Å². The molecule has 1 aromatic carbocycles. The minimum atomic E-state index is -1.01. The van der Waals surface area contributed by atoms with Gasteiger partial charge in [0.2, 0.25) is 11.8 Å². The Hall–Kier alpha value is -1.92. The molecule has 3 rings (SSSR count). The van der Waals surface area contributed by atoms with E-state index in [-0.39, 0.29) is 12.5 Å². The smallest absolute Gasteiger partial charge is 0.238 e. The van der Waals surface area contributed by atoms with Crippen LogP contribution in [0.25, 0.3) is 0 Å². The molecule has 0 radical (unpaired) electrons.